The van der Waals surface area contributed by atoms with Gasteiger partial charge in [-0.3, -0.25) is 4.90 Å². The Morgan fingerprint density at radius 3 is 2.62 bits per heavy atom. The normalized spacial score (nSPS) is 23.4. The van der Waals surface area contributed by atoms with Gasteiger partial charge in [0.25, 0.3) is 10.2 Å². The predicted molar refractivity (Wildman–Crippen MR) is 96.3 cm³/mol. The van der Waals surface area contributed by atoms with Crippen LogP contribution in [0.1, 0.15) is 30.7 Å². The van der Waals surface area contributed by atoms with Gasteiger partial charge < -0.3 is 4.74 Å². The van der Waals surface area contributed by atoms with Crippen LogP contribution >= 0.6 is 11.3 Å². The SMILES string of the molecule is CC1CCN(C(CNS(=O)(=O)N2CCOCC2)c2cccs2)CC1. The van der Waals surface area contributed by atoms with Crippen molar-refractivity contribution >= 4 is 21.5 Å². The molecule has 2 aliphatic heterocycles. The summed E-state index contributed by atoms with van der Waals surface area (Å²) in [4.78, 5) is 3.66. The van der Waals surface area contributed by atoms with Crippen LogP contribution in [0.4, 0.5) is 0 Å². The van der Waals surface area contributed by atoms with Gasteiger partial charge >= 0.3 is 0 Å². The topological polar surface area (TPSA) is 61.9 Å². The van der Waals surface area contributed by atoms with E-state index >= 15 is 0 Å². The van der Waals surface area contributed by atoms with Crippen molar-refractivity contribution in [3.63, 3.8) is 0 Å². The van der Waals surface area contributed by atoms with Gasteiger partial charge in [-0.15, -0.1) is 11.3 Å². The number of nitrogens with one attached hydrogen (secondary N) is 1. The molecule has 1 aromatic heterocycles. The molecule has 0 bridgehead atoms. The molecule has 0 amide bonds. The number of hydrogen-bond acceptors (Lipinski definition) is 5. The minimum absolute atomic E-state index is 0.119. The lowest BCUT2D eigenvalue weighted by atomic mass is 9.97. The third kappa shape index (κ3) is 4.56. The Morgan fingerprint density at radius 2 is 2.00 bits per heavy atom. The van der Waals surface area contributed by atoms with E-state index in [2.05, 4.69) is 28.0 Å². The van der Waals surface area contributed by atoms with Crippen LogP contribution in [0.25, 0.3) is 0 Å². The van der Waals surface area contributed by atoms with Crippen LogP contribution < -0.4 is 4.72 Å². The van der Waals surface area contributed by atoms with Crippen LogP contribution in [0.15, 0.2) is 17.5 Å². The molecule has 2 saturated heterocycles. The van der Waals surface area contributed by atoms with Crippen LogP contribution in [0.2, 0.25) is 0 Å². The lowest BCUT2D eigenvalue weighted by Crippen LogP contribution is -2.49. The first-order valence-corrected chi connectivity index (χ1v) is 11.0. The number of ether oxygens (including phenoxy) is 1. The Morgan fingerprint density at radius 1 is 1.29 bits per heavy atom. The van der Waals surface area contributed by atoms with E-state index in [-0.39, 0.29) is 6.04 Å². The van der Waals surface area contributed by atoms with Crippen LogP contribution in [0, 0.1) is 5.92 Å². The molecular weight excluding hydrogens is 346 g/mol. The first kappa shape index (κ1) is 18.3. The molecule has 6 nitrogen and oxygen atoms in total. The highest BCUT2D eigenvalue weighted by Gasteiger charge is 2.29. The van der Waals surface area contributed by atoms with Crippen molar-refractivity contribution in [2.24, 2.45) is 5.92 Å². The zero-order valence-electron chi connectivity index (χ0n) is 14.2. The summed E-state index contributed by atoms with van der Waals surface area (Å²) in [6.07, 6.45) is 2.36. The fourth-order valence-corrected chi connectivity index (χ4v) is 5.33. The first-order valence-electron chi connectivity index (χ1n) is 8.66. The molecule has 0 aromatic carbocycles. The quantitative estimate of drug-likeness (QED) is 0.824. The van der Waals surface area contributed by atoms with Crippen LogP contribution in [-0.2, 0) is 14.9 Å². The molecule has 1 N–H and O–H groups in total. The average Bonchev–Trinajstić information content (AvgIpc) is 3.12. The van der Waals surface area contributed by atoms with E-state index in [9.17, 15) is 8.42 Å². The number of rotatable bonds is 6. The average molecular weight is 374 g/mol. The molecule has 0 spiro atoms. The van der Waals surface area contributed by atoms with Gasteiger partial charge in [0.1, 0.15) is 0 Å². The lowest BCUT2D eigenvalue weighted by Gasteiger charge is -2.37. The van der Waals surface area contributed by atoms with Gasteiger partial charge in [-0.05, 0) is 43.3 Å². The van der Waals surface area contributed by atoms with E-state index in [1.807, 2.05) is 6.07 Å². The lowest BCUT2D eigenvalue weighted by molar-refractivity contribution is 0.0722. The molecule has 136 valence electrons. The van der Waals surface area contributed by atoms with Gasteiger partial charge in [0.15, 0.2) is 0 Å². The van der Waals surface area contributed by atoms with Crippen molar-refractivity contribution in [2.75, 3.05) is 45.9 Å². The predicted octanol–water partition coefficient (Wildman–Crippen LogP) is 1.69. The number of hydrogen-bond donors (Lipinski definition) is 1. The summed E-state index contributed by atoms with van der Waals surface area (Å²) >= 11 is 1.70. The number of morpholine rings is 1. The van der Waals surface area contributed by atoms with Gasteiger partial charge in [0.05, 0.1) is 19.3 Å². The summed E-state index contributed by atoms with van der Waals surface area (Å²) in [5.74, 6) is 0.760. The molecule has 24 heavy (non-hydrogen) atoms. The minimum Gasteiger partial charge on any atom is -0.379 e. The van der Waals surface area contributed by atoms with E-state index in [4.69, 9.17) is 4.74 Å². The van der Waals surface area contributed by atoms with Crippen molar-refractivity contribution in [3.8, 4) is 0 Å². The second kappa shape index (κ2) is 8.25. The molecule has 2 aliphatic rings. The Labute approximate surface area is 149 Å². The molecule has 0 saturated carbocycles. The standard InChI is InChI=1S/C16H27N3O3S2/c1-14-4-6-18(7-5-14)15(16-3-2-12-23-16)13-17-24(20,21)19-8-10-22-11-9-19/h2-3,12,14-15,17H,4-11,13H2,1H3. The van der Waals surface area contributed by atoms with E-state index in [0.29, 0.717) is 32.8 Å². The van der Waals surface area contributed by atoms with Crippen molar-refractivity contribution in [1.82, 2.24) is 13.9 Å². The Hall–Kier alpha value is -0.510. The highest BCUT2D eigenvalue weighted by atomic mass is 32.2. The first-order chi connectivity index (χ1) is 11.6. The van der Waals surface area contributed by atoms with E-state index in [1.165, 1.54) is 22.0 Å². The summed E-state index contributed by atoms with van der Waals surface area (Å²) in [6.45, 7) is 6.58. The van der Waals surface area contributed by atoms with Gasteiger partial charge in [0, 0.05) is 24.5 Å². The van der Waals surface area contributed by atoms with Crippen LogP contribution in [0.5, 0.6) is 0 Å². The monoisotopic (exact) mass is 373 g/mol. The van der Waals surface area contributed by atoms with Gasteiger partial charge in [-0.2, -0.15) is 12.7 Å². The minimum atomic E-state index is -3.44. The molecule has 3 heterocycles. The summed E-state index contributed by atoms with van der Waals surface area (Å²) in [6, 6.07) is 4.26. The summed E-state index contributed by atoms with van der Waals surface area (Å²) in [5.41, 5.74) is 0. The summed E-state index contributed by atoms with van der Waals surface area (Å²) < 4.78 is 34.6. The fourth-order valence-electron chi connectivity index (χ4n) is 3.29. The Balaban J connectivity index is 1.66. The van der Waals surface area contributed by atoms with Gasteiger partial charge in [-0.25, -0.2) is 4.72 Å². The van der Waals surface area contributed by atoms with Crippen molar-refractivity contribution < 1.29 is 13.2 Å². The molecular formula is C16H27N3O3S2. The Kier molecular flexibility index (Phi) is 6.28. The summed E-state index contributed by atoms with van der Waals surface area (Å²) in [7, 11) is -3.44. The van der Waals surface area contributed by atoms with E-state index in [0.717, 1.165) is 19.0 Å². The fraction of sp³-hybridized carbons (Fsp3) is 0.750. The van der Waals surface area contributed by atoms with Crippen LogP contribution in [0.3, 0.4) is 0 Å². The van der Waals surface area contributed by atoms with Gasteiger partial charge in [0.2, 0.25) is 0 Å². The second-order valence-electron chi connectivity index (χ2n) is 6.61. The molecule has 2 fully saturated rings. The summed E-state index contributed by atoms with van der Waals surface area (Å²) in [5, 5.41) is 2.06. The molecule has 1 aromatic rings. The molecule has 1 atom stereocenters. The molecule has 1 unspecified atom stereocenters. The molecule has 3 rings (SSSR count). The number of piperidine rings is 1. The van der Waals surface area contributed by atoms with Crippen LogP contribution in [-0.4, -0.2) is 63.6 Å². The second-order valence-corrected chi connectivity index (χ2v) is 9.35. The highest BCUT2D eigenvalue weighted by Crippen LogP contribution is 2.29. The smallest absolute Gasteiger partial charge is 0.279 e. The maximum Gasteiger partial charge on any atom is 0.279 e. The van der Waals surface area contributed by atoms with Crippen molar-refractivity contribution in [1.29, 1.82) is 0 Å². The molecule has 0 aliphatic carbocycles. The third-order valence-electron chi connectivity index (χ3n) is 4.90. The number of thiophene rings is 1. The zero-order chi connectivity index (χ0) is 17.0. The van der Waals surface area contributed by atoms with E-state index in [1.54, 1.807) is 11.3 Å². The van der Waals surface area contributed by atoms with Crippen molar-refractivity contribution in [3.05, 3.63) is 22.4 Å². The largest absolute Gasteiger partial charge is 0.379 e. The molecule has 8 heteroatoms. The zero-order valence-corrected chi connectivity index (χ0v) is 15.8. The molecule has 0 radical (unpaired) electrons. The van der Waals surface area contributed by atoms with Crippen molar-refractivity contribution in [2.45, 2.75) is 25.8 Å². The number of likely N-dealkylation sites (tertiary alicyclic amines) is 1. The maximum atomic E-state index is 12.5. The highest BCUT2D eigenvalue weighted by molar-refractivity contribution is 7.87. The maximum absolute atomic E-state index is 12.5. The third-order valence-corrected chi connectivity index (χ3v) is 7.45. The van der Waals surface area contributed by atoms with E-state index < -0.39 is 10.2 Å². The Bertz CT molecular complexity index is 592. The van der Waals surface area contributed by atoms with Gasteiger partial charge in [-0.1, -0.05) is 13.0 Å². The number of nitrogens with zero attached hydrogens (tertiary/aromatic N) is 2.